The molecule has 0 radical (unpaired) electrons. The highest BCUT2D eigenvalue weighted by atomic mass is 16.6. The van der Waals surface area contributed by atoms with Crippen LogP contribution in [0, 0.1) is 29.6 Å². The van der Waals surface area contributed by atoms with Crippen LogP contribution in [-0.4, -0.2) is 59.8 Å². The van der Waals surface area contributed by atoms with Gasteiger partial charge in [0.1, 0.15) is 17.8 Å². The van der Waals surface area contributed by atoms with E-state index in [-0.39, 0.29) is 60.3 Å². The SMILES string of the molecule is CCCCCCCC(=O)O[C@@H]1C[C@@H](O)/C(C)=C\[C@@H]2O[C@H]3[C@H]4C(C[C@@H](C)[C@@H](OC(C)=O)[C@H]42)[C@@H](C)CO[C@@]13C. The highest BCUT2D eigenvalue weighted by molar-refractivity contribution is 5.69. The van der Waals surface area contributed by atoms with E-state index in [2.05, 4.69) is 20.8 Å². The van der Waals surface area contributed by atoms with Crippen molar-refractivity contribution >= 4 is 11.9 Å². The molecule has 1 aliphatic carbocycles. The lowest BCUT2D eigenvalue weighted by atomic mass is 9.59. The molecule has 0 aromatic rings. The predicted octanol–water partition coefficient (Wildman–Crippen LogP) is 4.98. The number of aliphatic hydroxyl groups excluding tert-OH is 1. The maximum Gasteiger partial charge on any atom is 0.306 e. The summed E-state index contributed by atoms with van der Waals surface area (Å²) in [4.78, 5) is 25.1. The van der Waals surface area contributed by atoms with Crippen LogP contribution in [0.2, 0.25) is 0 Å². The number of ether oxygens (including phenoxy) is 4. The number of esters is 2. The van der Waals surface area contributed by atoms with Crippen LogP contribution in [0.4, 0.5) is 0 Å². The maximum absolute atomic E-state index is 13.0. The van der Waals surface area contributed by atoms with Gasteiger partial charge in [-0.15, -0.1) is 0 Å². The monoisotopic (exact) mass is 520 g/mol. The highest BCUT2D eigenvalue weighted by Crippen LogP contribution is 2.57. The van der Waals surface area contributed by atoms with Gasteiger partial charge in [-0.2, -0.15) is 0 Å². The predicted molar refractivity (Wildman–Crippen MR) is 140 cm³/mol. The zero-order valence-corrected chi connectivity index (χ0v) is 23.6. The molecule has 4 rings (SSSR count). The quantitative estimate of drug-likeness (QED) is 0.274. The fraction of sp³-hybridized carbons (Fsp3) is 0.867. The van der Waals surface area contributed by atoms with Gasteiger partial charge in [0.15, 0.2) is 0 Å². The molecular weight excluding hydrogens is 472 g/mol. The van der Waals surface area contributed by atoms with Crippen molar-refractivity contribution in [3.8, 4) is 0 Å². The summed E-state index contributed by atoms with van der Waals surface area (Å²) in [5.74, 6) is 0.354. The first kappa shape index (κ1) is 28.6. The summed E-state index contributed by atoms with van der Waals surface area (Å²) >= 11 is 0. The standard InChI is InChI=1S/C30H48O7/c1-7-8-9-10-11-12-25(33)37-24-15-22(32)17(2)14-23-27-26-21(13-18(3)28(27)35-20(5)31)19(4)16-34-30(24,6)29(26)36-23/h14,18-19,21-24,26-29,32H,7-13,15-16H2,1-6H3/b17-14-/t18-,19+,21?,22-,23+,24-,26+,27+,28-,29+,30+/m1/s1. The Labute approximate surface area is 222 Å². The molecule has 7 nitrogen and oxygen atoms in total. The van der Waals surface area contributed by atoms with Gasteiger partial charge in [0.05, 0.1) is 24.9 Å². The number of rotatable bonds is 8. The van der Waals surface area contributed by atoms with Gasteiger partial charge in [-0.25, -0.2) is 0 Å². The first-order valence-corrected chi connectivity index (χ1v) is 14.6. The molecule has 0 spiro atoms. The van der Waals surface area contributed by atoms with E-state index in [1.165, 1.54) is 13.3 Å². The van der Waals surface area contributed by atoms with Gasteiger partial charge in [-0.1, -0.05) is 52.5 Å². The van der Waals surface area contributed by atoms with Crippen LogP contribution in [0.3, 0.4) is 0 Å². The summed E-state index contributed by atoms with van der Waals surface area (Å²) in [6.45, 7) is 12.5. The number of aliphatic hydroxyl groups is 1. The molecular formula is C30H48O7. The van der Waals surface area contributed by atoms with Crippen LogP contribution in [0.1, 0.15) is 92.9 Å². The average Bonchev–Trinajstić information content (AvgIpc) is 3.18. The van der Waals surface area contributed by atoms with Crippen LogP contribution in [0.25, 0.3) is 0 Å². The van der Waals surface area contributed by atoms with Crippen molar-refractivity contribution in [3.63, 3.8) is 0 Å². The number of carbonyl (C=O) groups excluding carboxylic acids is 2. The normalized spacial score (nSPS) is 44.5. The largest absolute Gasteiger partial charge is 0.462 e. The molecule has 1 N–H and O–H groups in total. The van der Waals surface area contributed by atoms with Gasteiger partial charge in [-0.3, -0.25) is 9.59 Å². The summed E-state index contributed by atoms with van der Waals surface area (Å²) in [6, 6.07) is 0. The third-order valence-electron chi connectivity index (χ3n) is 9.60. The molecule has 210 valence electrons. The fourth-order valence-electron chi connectivity index (χ4n) is 7.49. The van der Waals surface area contributed by atoms with Crippen molar-refractivity contribution < 1.29 is 33.6 Å². The van der Waals surface area contributed by atoms with E-state index >= 15 is 0 Å². The minimum atomic E-state index is -0.917. The second kappa shape index (κ2) is 11.7. The molecule has 1 saturated carbocycles. The molecule has 2 bridgehead atoms. The van der Waals surface area contributed by atoms with Gasteiger partial charge in [0.25, 0.3) is 0 Å². The lowest BCUT2D eigenvalue weighted by molar-refractivity contribution is -0.204. The molecule has 2 saturated heterocycles. The minimum absolute atomic E-state index is 0.0405. The summed E-state index contributed by atoms with van der Waals surface area (Å²) in [5.41, 5.74) is -0.128. The first-order valence-electron chi connectivity index (χ1n) is 14.6. The summed E-state index contributed by atoms with van der Waals surface area (Å²) in [7, 11) is 0. The molecule has 3 heterocycles. The number of fused-ring (bicyclic) bond motifs is 2. The number of carbonyl (C=O) groups is 2. The summed E-state index contributed by atoms with van der Waals surface area (Å²) in [6.07, 6.45) is 6.52. The van der Waals surface area contributed by atoms with Gasteiger partial charge < -0.3 is 24.1 Å². The maximum atomic E-state index is 13.0. The first-order chi connectivity index (χ1) is 17.6. The minimum Gasteiger partial charge on any atom is -0.462 e. The molecule has 37 heavy (non-hydrogen) atoms. The Kier molecular flexibility index (Phi) is 9.07. The molecule has 3 aliphatic heterocycles. The zero-order valence-electron chi connectivity index (χ0n) is 23.6. The van der Waals surface area contributed by atoms with E-state index < -0.39 is 17.8 Å². The third kappa shape index (κ3) is 5.79. The average molecular weight is 521 g/mol. The Bertz CT molecular complexity index is 855. The fourth-order valence-corrected chi connectivity index (χ4v) is 7.49. The van der Waals surface area contributed by atoms with Crippen LogP contribution >= 0.6 is 0 Å². The molecule has 0 aromatic carbocycles. The van der Waals surface area contributed by atoms with Crippen molar-refractivity contribution in [2.24, 2.45) is 29.6 Å². The summed E-state index contributed by atoms with van der Waals surface area (Å²) in [5, 5.41) is 11.2. The van der Waals surface area contributed by atoms with E-state index in [0.717, 1.165) is 37.7 Å². The van der Waals surface area contributed by atoms with Crippen molar-refractivity contribution in [3.05, 3.63) is 11.6 Å². The van der Waals surface area contributed by atoms with Gasteiger partial charge in [0, 0.05) is 31.6 Å². The second-order valence-electron chi connectivity index (χ2n) is 12.4. The van der Waals surface area contributed by atoms with Crippen molar-refractivity contribution in [1.82, 2.24) is 0 Å². The van der Waals surface area contributed by atoms with Gasteiger partial charge >= 0.3 is 11.9 Å². The topological polar surface area (TPSA) is 91.3 Å². The highest BCUT2D eigenvalue weighted by Gasteiger charge is 2.65. The Hall–Kier alpha value is -1.44. The lowest BCUT2D eigenvalue weighted by Gasteiger charge is -2.47. The Balaban J connectivity index is 1.67. The van der Waals surface area contributed by atoms with Gasteiger partial charge in [-0.05, 0) is 50.0 Å². The molecule has 4 aliphatic rings. The molecule has 0 amide bonds. The molecule has 0 aromatic heterocycles. The van der Waals surface area contributed by atoms with E-state index in [1.54, 1.807) is 0 Å². The van der Waals surface area contributed by atoms with E-state index in [0.29, 0.717) is 18.9 Å². The van der Waals surface area contributed by atoms with Crippen molar-refractivity contribution in [2.45, 2.75) is 129 Å². The zero-order chi connectivity index (χ0) is 26.9. The molecule has 3 fully saturated rings. The van der Waals surface area contributed by atoms with E-state index in [9.17, 15) is 14.7 Å². The number of hydrogen-bond acceptors (Lipinski definition) is 7. The van der Waals surface area contributed by atoms with Crippen LogP contribution in [0.5, 0.6) is 0 Å². The second-order valence-corrected chi connectivity index (χ2v) is 12.4. The van der Waals surface area contributed by atoms with E-state index in [1.807, 2.05) is 19.9 Å². The Morgan fingerprint density at radius 3 is 2.51 bits per heavy atom. The number of hydrogen-bond donors (Lipinski definition) is 1. The van der Waals surface area contributed by atoms with Crippen LogP contribution in [0.15, 0.2) is 11.6 Å². The number of unbranched alkanes of at least 4 members (excludes halogenated alkanes) is 4. The smallest absolute Gasteiger partial charge is 0.306 e. The van der Waals surface area contributed by atoms with Gasteiger partial charge in [0.2, 0.25) is 0 Å². The Morgan fingerprint density at radius 2 is 1.81 bits per heavy atom. The van der Waals surface area contributed by atoms with Crippen molar-refractivity contribution in [2.75, 3.05) is 6.61 Å². The lowest BCUT2D eigenvalue weighted by Crippen LogP contribution is -2.57. The summed E-state index contributed by atoms with van der Waals surface area (Å²) < 4.78 is 25.6. The third-order valence-corrected chi connectivity index (χ3v) is 9.60. The Morgan fingerprint density at radius 1 is 1.08 bits per heavy atom. The molecule has 7 heteroatoms. The van der Waals surface area contributed by atoms with Crippen LogP contribution in [-0.2, 0) is 28.5 Å². The van der Waals surface area contributed by atoms with Crippen molar-refractivity contribution in [1.29, 1.82) is 0 Å². The van der Waals surface area contributed by atoms with E-state index in [4.69, 9.17) is 18.9 Å². The van der Waals surface area contributed by atoms with Crippen LogP contribution < -0.4 is 0 Å². The molecule has 1 unspecified atom stereocenters. The molecule has 11 atom stereocenters.